The maximum absolute atomic E-state index is 12.6. The van der Waals surface area contributed by atoms with Crippen molar-refractivity contribution in [3.63, 3.8) is 0 Å². The molecule has 1 aromatic carbocycles. The summed E-state index contributed by atoms with van der Waals surface area (Å²) in [7, 11) is 0. The molecule has 0 aliphatic rings. The Hall–Kier alpha value is -1.64. The number of aliphatic carboxylic acids is 1. The van der Waals surface area contributed by atoms with Crippen molar-refractivity contribution in [3.8, 4) is 0 Å². The van der Waals surface area contributed by atoms with Crippen molar-refractivity contribution >= 4 is 5.97 Å². The zero-order valence-electron chi connectivity index (χ0n) is 8.32. The van der Waals surface area contributed by atoms with Gasteiger partial charge in [0.1, 0.15) is 0 Å². The molecule has 1 atom stereocenters. The largest absolute Gasteiger partial charge is 0.481 e. The minimum absolute atomic E-state index is 0.121. The molecule has 0 saturated heterocycles. The molecule has 3 heteroatoms. The van der Waals surface area contributed by atoms with E-state index in [-0.39, 0.29) is 6.42 Å². The van der Waals surface area contributed by atoms with Crippen LogP contribution in [0.1, 0.15) is 12.0 Å². The predicted octanol–water partition coefficient (Wildman–Crippen LogP) is 2.80. The van der Waals surface area contributed by atoms with Crippen molar-refractivity contribution in [2.24, 2.45) is 5.92 Å². The Balaban J connectivity index is 2.67. The lowest BCUT2D eigenvalue weighted by Crippen LogP contribution is -2.16. The number of carboxylic acid groups (broad SMARTS) is 1. The lowest BCUT2D eigenvalue weighted by atomic mass is 9.96. The van der Waals surface area contributed by atoms with E-state index in [1.54, 1.807) is 0 Å². The number of allylic oxidation sites excluding steroid dienone is 1. The Morgan fingerprint density at radius 2 is 2.00 bits per heavy atom. The Kier molecular flexibility index (Phi) is 4.03. The van der Waals surface area contributed by atoms with Crippen molar-refractivity contribution in [1.82, 2.24) is 0 Å². The quantitative estimate of drug-likeness (QED) is 0.807. The van der Waals surface area contributed by atoms with Gasteiger partial charge in [0.15, 0.2) is 0 Å². The van der Waals surface area contributed by atoms with Gasteiger partial charge in [0, 0.05) is 6.42 Å². The fourth-order valence-electron chi connectivity index (χ4n) is 1.41. The maximum Gasteiger partial charge on any atom is 0.307 e. The van der Waals surface area contributed by atoms with Gasteiger partial charge in [-0.05, 0) is 12.0 Å². The number of benzene rings is 1. The van der Waals surface area contributed by atoms with Crippen LogP contribution in [0, 0.1) is 5.92 Å². The fourth-order valence-corrected chi connectivity index (χ4v) is 1.41. The molecule has 80 valence electrons. The maximum atomic E-state index is 12.6. The smallest absolute Gasteiger partial charge is 0.307 e. The Morgan fingerprint density at radius 1 is 1.40 bits per heavy atom. The molecule has 15 heavy (non-hydrogen) atoms. The number of halogens is 1. The van der Waals surface area contributed by atoms with E-state index < -0.39 is 17.7 Å². The van der Waals surface area contributed by atoms with E-state index in [9.17, 15) is 9.18 Å². The van der Waals surface area contributed by atoms with Gasteiger partial charge in [0.2, 0.25) is 0 Å². The van der Waals surface area contributed by atoms with Gasteiger partial charge in [0.25, 0.3) is 0 Å². The van der Waals surface area contributed by atoms with Crippen LogP contribution >= 0.6 is 0 Å². The average molecular weight is 208 g/mol. The molecule has 0 spiro atoms. The van der Waals surface area contributed by atoms with Crippen LogP contribution in [0.3, 0.4) is 0 Å². The minimum atomic E-state index is -0.988. The third kappa shape index (κ3) is 3.94. The molecule has 0 aliphatic heterocycles. The highest BCUT2D eigenvalue weighted by molar-refractivity contribution is 5.70. The number of hydrogen-bond acceptors (Lipinski definition) is 1. The van der Waals surface area contributed by atoms with Gasteiger partial charge < -0.3 is 5.11 Å². The molecule has 1 N–H and O–H groups in total. The van der Waals surface area contributed by atoms with Crippen LogP contribution in [0.15, 0.2) is 42.7 Å². The zero-order valence-corrected chi connectivity index (χ0v) is 8.32. The summed E-state index contributed by atoms with van der Waals surface area (Å²) in [6.45, 7) is 3.09. The van der Waals surface area contributed by atoms with E-state index in [1.807, 2.05) is 30.3 Å². The Morgan fingerprint density at radius 3 is 2.47 bits per heavy atom. The Bertz CT molecular complexity index is 346. The average Bonchev–Trinajstić information content (AvgIpc) is 2.17. The summed E-state index contributed by atoms with van der Waals surface area (Å²) in [4.78, 5) is 10.8. The summed E-state index contributed by atoms with van der Waals surface area (Å²) < 4.78 is 12.6. The first-order valence-corrected chi connectivity index (χ1v) is 4.69. The molecule has 0 aromatic heterocycles. The van der Waals surface area contributed by atoms with E-state index >= 15 is 0 Å². The first-order valence-electron chi connectivity index (χ1n) is 4.69. The van der Waals surface area contributed by atoms with E-state index in [2.05, 4.69) is 6.58 Å². The summed E-state index contributed by atoms with van der Waals surface area (Å²) in [6, 6.07) is 9.18. The number of hydrogen-bond donors (Lipinski definition) is 1. The Labute approximate surface area is 88.1 Å². The van der Waals surface area contributed by atoms with E-state index in [0.29, 0.717) is 6.42 Å². The van der Waals surface area contributed by atoms with Gasteiger partial charge in [-0.2, -0.15) is 0 Å². The van der Waals surface area contributed by atoms with Crippen molar-refractivity contribution in [2.75, 3.05) is 0 Å². The molecule has 0 radical (unpaired) electrons. The van der Waals surface area contributed by atoms with Crippen molar-refractivity contribution in [1.29, 1.82) is 0 Å². The van der Waals surface area contributed by atoms with Crippen molar-refractivity contribution < 1.29 is 14.3 Å². The van der Waals surface area contributed by atoms with Gasteiger partial charge in [-0.15, -0.1) is 0 Å². The molecule has 0 bridgehead atoms. The number of carboxylic acids is 1. The van der Waals surface area contributed by atoms with Crippen LogP contribution in [-0.2, 0) is 11.2 Å². The number of carbonyl (C=O) groups is 1. The van der Waals surface area contributed by atoms with Crippen molar-refractivity contribution in [2.45, 2.75) is 12.8 Å². The van der Waals surface area contributed by atoms with Crippen LogP contribution in [-0.4, -0.2) is 11.1 Å². The SMILES string of the molecule is C=C(F)CC(Cc1ccccc1)C(=O)O. The summed E-state index contributed by atoms with van der Waals surface area (Å²) in [6.07, 6.45) is 0.212. The zero-order chi connectivity index (χ0) is 11.3. The highest BCUT2D eigenvalue weighted by Gasteiger charge is 2.18. The standard InChI is InChI=1S/C12H13FO2/c1-9(13)7-11(12(14)15)8-10-5-3-2-4-6-10/h2-6,11H,1,7-8H2,(H,14,15). The lowest BCUT2D eigenvalue weighted by Gasteiger charge is -2.10. The van der Waals surface area contributed by atoms with Gasteiger partial charge >= 0.3 is 5.97 Å². The first kappa shape index (κ1) is 11.4. The van der Waals surface area contributed by atoms with Gasteiger partial charge in [-0.1, -0.05) is 36.9 Å². The fraction of sp³-hybridized carbons (Fsp3) is 0.250. The second-order valence-corrected chi connectivity index (χ2v) is 3.45. The molecule has 0 fully saturated rings. The minimum Gasteiger partial charge on any atom is -0.481 e. The highest BCUT2D eigenvalue weighted by atomic mass is 19.1. The van der Waals surface area contributed by atoms with E-state index in [0.717, 1.165) is 5.56 Å². The molecule has 0 heterocycles. The lowest BCUT2D eigenvalue weighted by molar-refractivity contribution is -0.141. The molecule has 1 unspecified atom stereocenters. The van der Waals surface area contributed by atoms with Crippen LogP contribution in [0.5, 0.6) is 0 Å². The van der Waals surface area contributed by atoms with Crippen LogP contribution in [0.2, 0.25) is 0 Å². The predicted molar refractivity (Wildman–Crippen MR) is 56.1 cm³/mol. The summed E-state index contributed by atoms with van der Waals surface area (Å²) in [5, 5.41) is 8.88. The van der Waals surface area contributed by atoms with Gasteiger partial charge in [-0.3, -0.25) is 4.79 Å². The third-order valence-electron chi connectivity index (χ3n) is 2.14. The topological polar surface area (TPSA) is 37.3 Å². The first-order chi connectivity index (χ1) is 7.09. The van der Waals surface area contributed by atoms with Crippen LogP contribution in [0.4, 0.5) is 4.39 Å². The molecular formula is C12H13FO2. The third-order valence-corrected chi connectivity index (χ3v) is 2.14. The normalized spacial score (nSPS) is 12.1. The molecule has 2 nitrogen and oxygen atoms in total. The second kappa shape index (κ2) is 5.29. The number of rotatable bonds is 5. The van der Waals surface area contributed by atoms with Crippen LogP contribution in [0.25, 0.3) is 0 Å². The molecule has 0 aliphatic carbocycles. The summed E-state index contributed by atoms with van der Waals surface area (Å²) in [5.41, 5.74) is 0.895. The van der Waals surface area contributed by atoms with Gasteiger partial charge in [-0.25, -0.2) is 4.39 Å². The summed E-state index contributed by atoms with van der Waals surface area (Å²) >= 11 is 0. The van der Waals surface area contributed by atoms with E-state index in [4.69, 9.17) is 5.11 Å². The molecular weight excluding hydrogens is 195 g/mol. The van der Waals surface area contributed by atoms with E-state index in [1.165, 1.54) is 0 Å². The molecule has 1 aromatic rings. The second-order valence-electron chi connectivity index (χ2n) is 3.45. The summed E-state index contributed by atoms with van der Waals surface area (Å²) in [5.74, 6) is -2.30. The monoisotopic (exact) mass is 208 g/mol. The molecule has 1 rings (SSSR count). The van der Waals surface area contributed by atoms with Crippen LogP contribution < -0.4 is 0 Å². The van der Waals surface area contributed by atoms with Crippen molar-refractivity contribution in [3.05, 3.63) is 48.3 Å². The van der Waals surface area contributed by atoms with Gasteiger partial charge in [0.05, 0.1) is 11.7 Å². The molecule has 0 amide bonds. The molecule has 0 saturated carbocycles. The highest BCUT2D eigenvalue weighted by Crippen LogP contribution is 2.17.